The van der Waals surface area contributed by atoms with Gasteiger partial charge in [0.15, 0.2) is 5.82 Å². The minimum atomic E-state index is -1.05. The Hall–Kier alpha value is -2.07. The first kappa shape index (κ1) is 21.2. The van der Waals surface area contributed by atoms with Crippen molar-refractivity contribution in [1.82, 2.24) is 19.5 Å². The van der Waals surface area contributed by atoms with Crippen molar-refractivity contribution >= 4 is 45.0 Å². The van der Waals surface area contributed by atoms with Crippen molar-refractivity contribution in [3.63, 3.8) is 0 Å². The largest absolute Gasteiger partial charge is 0.322 e. The van der Waals surface area contributed by atoms with Crippen LogP contribution in [0.3, 0.4) is 0 Å². The predicted molar refractivity (Wildman–Crippen MR) is 124 cm³/mol. The first-order chi connectivity index (χ1) is 14.0. The summed E-state index contributed by atoms with van der Waals surface area (Å²) in [6, 6.07) is -0.195. The van der Waals surface area contributed by atoms with Crippen LogP contribution in [0.1, 0.15) is 50.1 Å². The number of carbonyl (C=O) groups excluding carboxylic acids is 2. The van der Waals surface area contributed by atoms with E-state index in [0.29, 0.717) is 12.4 Å². The standard InChI is InChI=1S/C20H30N6O2S2/c1-12-14(11-29-25-12)21-18(28)26-10-13-15(19(26,2)3)23-24-16(13)22-17(27)20(8-7-9-20)30(4,5)6/h11H,7-10H2,1-6H3,(H,21,28)(H2,22,23,24,27). The Morgan fingerprint density at radius 1 is 1.23 bits per heavy atom. The lowest BCUT2D eigenvalue weighted by atomic mass is 9.83. The maximum absolute atomic E-state index is 13.2. The summed E-state index contributed by atoms with van der Waals surface area (Å²) >= 11 is 1.32. The highest BCUT2D eigenvalue weighted by Gasteiger charge is 2.51. The third-order valence-electron chi connectivity index (χ3n) is 6.69. The molecule has 2 aromatic rings. The third kappa shape index (κ3) is 3.11. The maximum Gasteiger partial charge on any atom is 0.322 e. The molecule has 3 N–H and O–H groups in total. The van der Waals surface area contributed by atoms with Gasteiger partial charge in [0.1, 0.15) is 0 Å². The highest BCUT2D eigenvalue weighted by molar-refractivity contribution is 8.33. The Labute approximate surface area is 182 Å². The van der Waals surface area contributed by atoms with E-state index in [4.69, 9.17) is 0 Å². The SMILES string of the molecule is Cc1nscc1NC(=O)N1Cc2c(NC(=O)C3(S(C)(C)C)CCC3)n[nH]c2C1(C)C. The minimum absolute atomic E-state index is 0.0613. The molecule has 4 rings (SSSR count). The van der Waals surface area contributed by atoms with Crippen LogP contribution in [0.5, 0.6) is 0 Å². The molecule has 30 heavy (non-hydrogen) atoms. The Morgan fingerprint density at radius 2 is 1.93 bits per heavy atom. The number of amides is 3. The van der Waals surface area contributed by atoms with Gasteiger partial charge in [0, 0.05) is 10.9 Å². The van der Waals surface area contributed by atoms with Gasteiger partial charge in [-0.15, -0.1) is 0 Å². The summed E-state index contributed by atoms with van der Waals surface area (Å²) in [7, 11) is -1.05. The molecular formula is C20H30N6O2S2. The summed E-state index contributed by atoms with van der Waals surface area (Å²) in [5, 5.41) is 15.3. The Kier molecular flexibility index (Phi) is 4.93. The lowest BCUT2D eigenvalue weighted by Crippen LogP contribution is -2.51. The van der Waals surface area contributed by atoms with Gasteiger partial charge in [0.25, 0.3) is 0 Å². The molecule has 0 aromatic carbocycles. The Morgan fingerprint density at radius 3 is 2.47 bits per heavy atom. The molecule has 1 aliphatic carbocycles. The lowest BCUT2D eigenvalue weighted by Gasteiger charge is -2.53. The van der Waals surface area contributed by atoms with E-state index in [-0.39, 0.29) is 16.7 Å². The fourth-order valence-corrected chi connectivity index (χ4v) is 7.14. The molecule has 1 aliphatic heterocycles. The van der Waals surface area contributed by atoms with Gasteiger partial charge < -0.3 is 15.5 Å². The lowest BCUT2D eigenvalue weighted by molar-refractivity contribution is -0.120. The van der Waals surface area contributed by atoms with Crippen LogP contribution in [0.15, 0.2) is 5.38 Å². The summed E-state index contributed by atoms with van der Waals surface area (Å²) in [6.45, 7) is 6.21. The molecule has 0 bridgehead atoms. The first-order valence-electron chi connectivity index (χ1n) is 10.0. The highest BCUT2D eigenvalue weighted by atomic mass is 32.3. The zero-order chi connectivity index (χ0) is 21.9. The average molecular weight is 451 g/mol. The van der Waals surface area contributed by atoms with Crippen LogP contribution in [0, 0.1) is 6.92 Å². The van der Waals surface area contributed by atoms with Gasteiger partial charge in [-0.3, -0.25) is 9.89 Å². The predicted octanol–water partition coefficient (Wildman–Crippen LogP) is 4.01. The monoisotopic (exact) mass is 450 g/mol. The second kappa shape index (κ2) is 6.98. The van der Waals surface area contributed by atoms with Gasteiger partial charge in [0.05, 0.1) is 33.9 Å². The van der Waals surface area contributed by atoms with Crippen molar-refractivity contribution in [1.29, 1.82) is 0 Å². The molecule has 0 spiro atoms. The number of hydrogen-bond donors (Lipinski definition) is 3. The van der Waals surface area contributed by atoms with Gasteiger partial charge in [-0.25, -0.2) is 14.8 Å². The molecule has 164 valence electrons. The van der Waals surface area contributed by atoms with Crippen LogP contribution < -0.4 is 10.6 Å². The van der Waals surface area contributed by atoms with Crippen LogP contribution in [-0.2, 0) is 16.9 Å². The van der Waals surface area contributed by atoms with Gasteiger partial charge in [-0.1, -0.05) is 0 Å². The number of carbonyl (C=O) groups is 2. The summed E-state index contributed by atoms with van der Waals surface area (Å²) in [5.41, 5.74) is 2.69. The normalized spacial score (nSPS) is 19.7. The summed E-state index contributed by atoms with van der Waals surface area (Å²) in [6.07, 6.45) is 9.57. The van der Waals surface area contributed by atoms with Crippen LogP contribution in [-0.4, -0.2) is 54.9 Å². The molecule has 1 saturated carbocycles. The number of urea groups is 1. The van der Waals surface area contributed by atoms with E-state index >= 15 is 0 Å². The van der Waals surface area contributed by atoms with E-state index in [1.807, 2.05) is 26.2 Å². The molecule has 3 heterocycles. The molecular weight excluding hydrogens is 420 g/mol. The van der Waals surface area contributed by atoms with Gasteiger partial charge >= 0.3 is 6.03 Å². The molecule has 2 aromatic heterocycles. The van der Waals surface area contributed by atoms with Crippen LogP contribution in [0.25, 0.3) is 0 Å². The topological polar surface area (TPSA) is 103 Å². The third-order valence-corrected chi connectivity index (χ3v) is 10.3. The Bertz CT molecular complexity index is 999. The molecule has 8 nitrogen and oxygen atoms in total. The number of anilines is 2. The van der Waals surface area contributed by atoms with E-state index < -0.39 is 15.6 Å². The van der Waals surface area contributed by atoms with Crippen molar-refractivity contribution in [2.45, 2.75) is 56.9 Å². The number of aromatic amines is 1. The maximum atomic E-state index is 13.2. The summed E-state index contributed by atoms with van der Waals surface area (Å²) < 4.78 is 3.93. The fourth-order valence-electron chi connectivity index (χ4n) is 4.38. The number of nitrogens with zero attached hydrogens (tertiary/aromatic N) is 3. The summed E-state index contributed by atoms with van der Waals surface area (Å²) in [4.78, 5) is 28.0. The van der Waals surface area contributed by atoms with Crippen molar-refractivity contribution in [3.05, 3.63) is 22.3 Å². The molecule has 10 heteroatoms. The van der Waals surface area contributed by atoms with Gasteiger partial charge in [-0.2, -0.15) is 9.47 Å². The van der Waals surface area contributed by atoms with E-state index in [2.05, 4.69) is 44.0 Å². The number of aryl methyl sites for hydroxylation is 1. The van der Waals surface area contributed by atoms with Crippen molar-refractivity contribution in [2.75, 3.05) is 29.4 Å². The Balaban J connectivity index is 1.55. The smallest absolute Gasteiger partial charge is 0.309 e. The van der Waals surface area contributed by atoms with Crippen LogP contribution in [0.4, 0.5) is 16.3 Å². The van der Waals surface area contributed by atoms with Crippen molar-refractivity contribution in [3.8, 4) is 0 Å². The number of H-pyrrole nitrogens is 1. The van der Waals surface area contributed by atoms with Crippen LogP contribution >= 0.6 is 21.6 Å². The zero-order valence-electron chi connectivity index (χ0n) is 18.4. The van der Waals surface area contributed by atoms with Crippen molar-refractivity contribution in [2.24, 2.45) is 0 Å². The van der Waals surface area contributed by atoms with Gasteiger partial charge in [-0.05, 0) is 70.3 Å². The summed E-state index contributed by atoms with van der Waals surface area (Å²) in [5.74, 6) is 0.605. The molecule has 2 aliphatic rings. The number of hydrogen-bond acceptors (Lipinski definition) is 5. The van der Waals surface area contributed by atoms with E-state index in [0.717, 1.165) is 41.9 Å². The molecule has 0 saturated heterocycles. The van der Waals surface area contributed by atoms with Gasteiger partial charge in [0.2, 0.25) is 5.91 Å². The average Bonchev–Trinajstić information content (AvgIpc) is 3.23. The molecule has 0 radical (unpaired) electrons. The second-order valence-corrected chi connectivity index (χ2v) is 14.5. The quantitative estimate of drug-likeness (QED) is 0.655. The number of fused-ring (bicyclic) bond motifs is 1. The second-order valence-electron chi connectivity index (χ2n) is 9.45. The molecule has 0 atom stereocenters. The number of rotatable bonds is 4. The van der Waals surface area contributed by atoms with Crippen LogP contribution in [0.2, 0.25) is 0 Å². The highest BCUT2D eigenvalue weighted by Crippen LogP contribution is 2.60. The van der Waals surface area contributed by atoms with E-state index in [9.17, 15) is 9.59 Å². The number of aromatic nitrogens is 3. The van der Waals surface area contributed by atoms with E-state index in [1.165, 1.54) is 11.5 Å². The zero-order valence-corrected chi connectivity index (χ0v) is 20.0. The molecule has 3 amide bonds. The molecule has 1 fully saturated rings. The minimum Gasteiger partial charge on any atom is -0.309 e. The fraction of sp³-hybridized carbons (Fsp3) is 0.600. The van der Waals surface area contributed by atoms with Crippen molar-refractivity contribution < 1.29 is 9.59 Å². The molecule has 0 unspecified atom stereocenters. The number of nitrogens with one attached hydrogen (secondary N) is 3. The van der Waals surface area contributed by atoms with E-state index in [1.54, 1.807) is 4.90 Å². The first-order valence-corrected chi connectivity index (χ1v) is 13.7.